The van der Waals surface area contributed by atoms with Gasteiger partial charge in [0.05, 0.1) is 17.6 Å². The molecule has 0 saturated carbocycles. The van der Waals surface area contributed by atoms with Crippen molar-refractivity contribution < 1.29 is 17.9 Å². The molecular formula is C15H14O4S2. The van der Waals surface area contributed by atoms with E-state index >= 15 is 0 Å². The van der Waals surface area contributed by atoms with Crippen LogP contribution in [0.5, 0.6) is 0 Å². The van der Waals surface area contributed by atoms with Gasteiger partial charge in [0.1, 0.15) is 0 Å². The first kappa shape index (κ1) is 15.6. The summed E-state index contributed by atoms with van der Waals surface area (Å²) in [4.78, 5) is 13.2. The zero-order valence-electron chi connectivity index (χ0n) is 11.6. The number of benzene rings is 2. The number of esters is 1. The summed E-state index contributed by atoms with van der Waals surface area (Å²) < 4.78 is 28.8. The van der Waals surface area contributed by atoms with Crippen LogP contribution in [0.25, 0.3) is 0 Å². The number of hydrogen-bond donors (Lipinski definition) is 0. The Morgan fingerprint density at radius 1 is 1.05 bits per heavy atom. The van der Waals surface area contributed by atoms with E-state index in [1.807, 2.05) is 30.3 Å². The van der Waals surface area contributed by atoms with E-state index in [1.165, 1.54) is 24.9 Å². The molecular weight excluding hydrogens is 308 g/mol. The van der Waals surface area contributed by atoms with E-state index in [2.05, 4.69) is 4.74 Å². The van der Waals surface area contributed by atoms with Crippen LogP contribution in [0.4, 0.5) is 0 Å². The highest BCUT2D eigenvalue weighted by Crippen LogP contribution is 2.34. The summed E-state index contributed by atoms with van der Waals surface area (Å²) in [5, 5.41) is 0. The Bertz CT molecular complexity index is 752. The summed E-state index contributed by atoms with van der Waals surface area (Å²) in [7, 11) is -2.33. The number of methoxy groups -OCH3 is 1. The van der Waals surface area contributed by atoms with Crippen molar-refractivity contribution in [2.24, 2.45) is 0 Å². The Hall–Kier alpha value is -1.79. The van der Waals surface area contributed by atoms with Crippen LogP contribution in [-0.2, 0) is 14.6 Å². The van der Waals surface area contributed by atoms with E-state index in [4.69, 9.17) is 0 Å². The van der Waals surface area contributed by atoms with Crippen molar-refractivity contribution >= 4 is 27.6 Å². The Labute approximate surface area is 128 Å². The van der Waals surface area contributed by atoms with Gasteiger partial charge in [-0.25, -0.2) is 13.2 Å². The van der Waals surface area contributed by atoms with Gasteiger partial charge in [-0.1, -0.05) is 36.0 Å². The molecule has 0 fully saturated rings. The van der Waals surface area contributed by atoms with Gasteiger partial charge >= 0.3 is 5.97 Å². The zero-order valence-corrected chi connectivity index (χ0v) is 13.2. The van der Waals surface area contributed by atoms with Gasteiger partial charge < -0.3 is 4.74 Å². The molecule has 0 atom stereocenters. The maximum absolute atomic E-state index is 12.1. The molecule has 4 nitrogen and oxygen atoms in total. The SMILES string of the molecule is COC(=O)c1cccc(Sc2ccccc2)c1S(C)(=O)=O. The van der Waals surface area contributed by atoms with Crippen LogP contribution in [0.2, 0.25) is 0 Å². The average Bonchev–Trinajstić information content (AvgIpc) is 2.46. The second-order valence-corrected chi connectivity index (χ2v) is 7.38. The third kappa shape index (κ3) is 3.65. The lowest BCUT2D eigenvalue weighted by Gasteiger charge is -2.11. The minimum atomic E-state index is -3.56. The maximum atomic E-state index is 12.1. The van der Waals surface area contributed by atoms with Gasteiger partial charge in [-0.3, -0.25) is 0 Å². The summed E-state index contributed by atoms with van der Waals surface area (Å²) >= 11 is 1.30. The largest absolute Gasteiger partial charge is 0.465 e. The molecule has 0 bridgehead atoms. The first-order chi connectivity index (χ1) is 9.93. The van der Waals surface area contributed by atoms with Crippen LogP contribution in [-0.4, -0.2) is 27.8 Å². The van der Waals surface area contributed by atoms with Crippen LogP contribution in [0.1, 0.15) is 10.4 Å². The molecule has 0 N–H and O–H groups in total. The number of ether oxygens (including phenoxy) is 1. The molecule has 21 heavy (non-hydrogen) atoms. The van der Waals surface area contributed by atoms with Gasteiger partial charge in [0.15, 0.2) is 9.84 Å². The second-order valence-electron chi connectivity index (χ2n) is 4.31. The topological polar surface area (TPSA) is 60.4 Å². The first-order valence-electron chi connectivity index (χ1n) is 6.08. The van der Waals surface area contributed by atoms with Crippen molar-refractivity contribution in [2.45, 2.75) is 14.7 Å². The maximum Gasteiger partial charge on any atom is 0.339 e. The van der Waals surface area contributed by atoms with Crippen LogP contribution in [0.15, 0.2) is 63.2 Å². The molecule has 2 rings (SSSR count). The predicted molar refractivity (Wildman–Crippen MR) is 81.5 cm³/mol. The highest BCUT2D eigenvalue weighted by Gasteiger charge is 2.23. The summed E-state index contributed by atoms with van der Waals surface area (Å²) in [6.07, 6.45) is 1.09. The monoisotopic (exact) mass is 322 g/mol. The molecule has 0 saturated heterocycles. The van der Waals surface area contributed by atoms with E-state index < -0.39 is 15.8 Å². The van der Waals surface area contributed by atoms with E-state index in [0.717, 1.165) is 11.2 Å². The fourth-order valence-electron chi connectivity index (χ4n) is 1.86. The predicted octanol–water partition coefficient (Wildman–Crippen LogP) is 3.03. The number of carbonyl (C=O) groups is 1. The molecule has 2 aromatic carbocycles. The second kappa shape index (κ2) is 6.32. The Morgan fingerprint density at radius 3 is 2.29 bits per heavy atom. The molecule has 0 amide bonds. The van der Waals surface area contributed by atoms with Gasteiger partial charge in [-0.05, 0) is 24.3 Å². The number of hydrogen-bond acceptors (Lipinski definition) is 5. The van der Waals surface area contributed by atoms with Crippen LogP contribution in [0, 0.1) is 0 Å². The molecule has 0 aliphatic heterocycles. The standard InChI is InChI=1S/C15H14O4S2/c1-19-15(16)12-9-6-10-13(14(12)21(2,17)18)20-11-7-4-3-5-8-11/h3-10H,1-2H3. The highest BCUT2D eigenvalue weighted by atomic mass is 32.2. The third-order valence-electron chi connectivity index (χ3n) is 2.73. The fourth-order valence-corrected chi connectivity index (χ4v) is 4.32. The van der Waals surface area contributed by atoms with E-state index in [9.17, 15) is 13.2 Å². The molecule has 110 valence electrons. The minimum absolute atomic E-state index is 0.00528. The van der Waals surface area contributed by atoms with Crippen molar-refractivity contribution in [2.75, 3.05) is 13.4 Å². The Kier molecular flexibility index (Phi) is 4.69. The van der Waals surface area contributed by atoms with E-state index in [-0.39, 0.29) is 10.5 Å². The van der Waals surface area contributed by atoms with Crippen molar-refractivity contribution in [3.8, 4) is 0 Å². The summed E-state index contributed by atoms with van der Waals surface area (Å²) in [6, 6.07) is 14.2. The molecule has 0 heterocycles. The molecule has 0 aromatic heterocycles. The summed E-state index contributed by atoms with van der Waals surface area (Å²) in [5.74, 6) is -0.661. The van der Waals surface area contributed by atoms with Gasteiger partial charge in [0.2, 0.25) is 0 Å². The number of sulfone groups is 1. The molecule has 0 aliphatic carbocycles. The number of carbonyl (C=O) groups excluding carboxylic acids is 1. The molecule has 0 aliphatic rings. The molecule has 2 aromatic rings. The lowest BCUT2D eigenvalue weighted by molar-refractivity contribution is 0.0595. The average molecular weight is 322 g/mol. The summed E-state index contributed by atoms with van der Waals surface area (Å²) in [5.41, 5.74) is 0.0564. The third-order valence-corrected chi connectivity index (χ3v) is 5.10. The quantitative estimate of drug-likeness (QED) is 0.810. The van der Waals surface area contributed by atoms with Crippen LogP contribution >= 0.6 is 11.8 Å². The zero-order chi connectivity index (χ0) is 15.5. The smallest absolute Gasteiger partial charge is 0.339 e. The Balaban J connectivity index is 2.58. The van der Waals surface area contributed by atoms with Crippen molar-refractivity contribution in [1.82, 2.24) is 0 Å². The molecule has 0 radical (unpaired) electrons. The molecule has 6 heteroatoms. The minimum Gasteiger partial charge on any atom is -0.465 e. The lowest BCUT2D eigenvalue weighted by atomic mass is 10.2. The summed E-state index contributed by atoms with van der Waals surface area (Å²) in [6.45, 7) is 0. The van der Waals surface area contributed by atoms with Crippen LogP contribution < -0.4 is 0 Å². The van der Waals surface area contributed by atoms with Crippen molar-refractivity contribution in [3.63, 3.8) is 0 Å². The normalized spacial score (nSPS) is 11.1. The fraction of sp³-hybridized carbons (Fsp3) is 0.133. The van der Waals surface area contributed by atoms with Gasteiger partial charge in [-0.2, -0.15) is 0 Å². The number of rotatable bonds is 4. The van der Waals surface area contributed by atoms with Gasteiger partial charge in [-0.15, -0.1) is 0 Å². The highest BCUT2D eigenvalue weighted by molar-refractivity contribution is 8.00. The Morgan fingerprint density at radius 2 is 1.71 bits per heavy atom. The molecule has 0 unspecified atom stereocenters. The lowest BCUT2D eigenvalue weighted by Crippen LogP contribution is -2.10. The van der Waals surface area contributed by atoms with E-state index in [0.29, 0.717) is 4.90 Å². The van der Waals surface area contributed by atoms with Crippen molar-refractivity contribution in [1.29, 1.82) is 0 Å². The molecule has 0 spiro atoms. The van der Waals surface area contributed by atoms with Gasteiger partial charge in [0.25, 0.3) is 0 Å². The van der Waals surface area contributed by atoms with E-state index in [1.54, 1.807) is 12.1 Å². The first-order valence-corrected chi connectivity index (χ1v) is 8.78. The van der Waals surface area contributed by atoms with Gasteiger partial charge in [0, 0.05) is 16.0 Å². The van der Waals surface area contributed by atoms with Crippen molar-refractivity contribution in [3.05, 3.63) is 54.1 Å². The van der Waals surface area contributed by atoms with Crippen LogP contribution in [0.3, 0.4) is 0 Å².